The molecule has 1 amide bonds. The molecule has 0 radical (unpaired) electrons. The van der Waals surface area contributed by atoms with Gasteiger partial charge in [0.2, 0.25) is 0 Å². The average Bonchev–Trinajstić information content (AvgIpc) is 2.23. The van der Waals surface area contributed by atoms with Gasteiger partial charge in [0.1, 0.15) is 0 Å². The second-order valence-electron chi connectivity index (χ2n) is 2.63. The van der Waals surface area contributed by atoms with E-state index < -0.39 is 5.91 Å². The van der Waals surface area contributed by atoms with Crippen LogP contribution < -0.4 is 0 Å². The summed E-state index contributed by atoms with van der Waals surface area (Å²) in [6, 6.07) is 0. The van der Waals surface area contributed by atoms with Gasteiger partial charge in [-0.2, -0.15) is 0 Å². The van der Waals surface area contributed by atoms with Crippen LogP contribution in [-0.2, 0) is 4.79 Å². The van der Waals surface area contributed by atoms with Gasteiger partial charge in [-0.1, -0.05) is 39.0 Å². The monoisotopic (exact) mass is 187 g/mol. The molecule has 2 heteroatoms. The minimum Gasteiger partial charge on any atom is -0.267 e. The molecule has 0 spiro atoms. The van der Waals surface area contributed by atoms with Crippen molar-refractivity contribution in [1.29, 1.82) is 0 Å². The molecule has 0 heterocycles. The molecule has 72 valence electrons. The third-order valence-electron chi connectivity index (χ3n) is 1.76. The van der Waals surface area contributed by atoms with E-state index in [1.165, 1.54) is 6.08 Å². The predicted molar refractivity (Wildman–Crippen MR) is 61.3 cm³/mol. The van der Waals surface area contributed by atoms with Gasteiger partial charge in [-0.3, -0.25) is 4.79 Å². The summed E-state index contributed by atoms with van der Waals surface area (Å²) < 4.78 is 0. The van der Waals surface area contributed by atoms with Crippen molar-refractivity contribution in [1.82, 2.24) is 0 Å². The molecule has 14 heavy (non-hydrogen) atoms. The summed E-state index contributed by atoms with van der Waals surface area (Å²) in [5.74, 6) is -0.506. The topological polar surface area (TPSA) is 29.4 Å². The van der Waals surface area contributed by atoms with Crippen LogP contribution in [0, 0.1) is 0 Å². The highest BCUT2D eigenvalue weighted by Gasteiger charge is 2.11. The Morgan fingerprint density at radius 3 is 1.86 bits per heavy atom. The number of amides is 1. The van der Waals surface area contributed by atoms with Gasteiger partial charge in [0, 0.05) is 5.57 Å². The standard InChI is InChI=1S/C12H13NO/c1-7-8(2)9(3)10(4)11(5)12(14)13-6/h7H,1-6H2. The first-order chi connectivity index (χ1) is 6.45. The number of rotatable bonds is 5. The van der Waals surface area contributed by atoms with E-state index in [4.69, 9.17) is 0 Å². The van der Waals surface area contributed by atoms with E-state index in [9.17, 15) is 4.79 Å². The second kappa shape index (κ2) is 4.92. The fourth-order valence-electron chi connectivity index (χ4n) is 0.724. The Morgan fingerprint density at radius 2 is 1.50 bits per heavy atom. The van der Waals surface area contributed by atoms with Crippen LogP contribution in [0.15, 0.2) is 66.3 Å². The lowest BCUT2D eigenvalue weighted by Gasteiger charge is -2.08. The summed E-state index contributed by atoms with van der Waals surface area (Å²) in [5, 5.41) is 0. The summed E-state index contributed by atoms with van der Waals surface area (Å²) in [4.78, 5) is 14.3. The molecule has 0 atom stereocenters. The van der Waals surface area contributed by atoms with E-state index in [-0.39, 0.29) is 5.57 Å². The fraction of sp³-hybridized carbons (Fsp3) is 0. The van der Waals surface area contributed by atoms with Gasteiger partial charge in [-0.15, -0.1) is 0 Å². The number of carbonyl (C=O) groups is 1. The third-order valence-corrected chi connectivity index (χ3v) is 1.76. The van der Waals surface area contributed by atoms with Crippen LogP contribution in [0.25, 0.3) is 0 Å². The van der Waals surface area contributed by atoms with E-state index >= 15 is 0 Å². The van der Waals surface area contributed by atoms with Crippen LogP contribution in [0.4, 0.5) is 0 Å². The smallest absolute Gasteiger partial charge is 0.267 e. The highest BCUT2D eigenvalue weighted by atomic mass is 16.1. The maximum atomic E-state index is 11.1. The summed E-state index contributed by atoms with van der Waals surface area (Å²) in [6.45, 7) is 21.3. The van der Waals surface area contributed by atoms with Gasteiger partial charge in [0.15, 0.2) is 0 Å². The molecule has 0 aliphatic rings. The third kappa shape index (κ3) is 2.52. The van der Waals surface area contributed by atoms with Gasteiger partial charge < -0.3 is 0 Å². The molecule has 2 nitrogen and oxygen atoms in total. The summed E-state index contributed by atoms with van der Waals surface area (Å²) in [7, 11) is 0. The first-order valence-electron chi connectivity index (χ1n) is 3.86. The van der Waals surface area contributed by atoms with Gasteiger partial charge >= 0.3 is 0 Å². The Kier molecular flexibility index (Phi) is 4.23. The van der Waals surface area contributed by atoms with Gasteiger partial charge in [-0.05, 0) is 23.4 Å². The second-order valence-corrected chi connectivity index (χ2v) is 2.63. The van der Waals surface area contributed by atoms with Crippen LogP contribution in [0.3, 0.4) is 0 Å². The van der Waals surface area contributed by atoms with E-state index in [1.54, 1.807) is 0 Å². The van der Waals surface area contributed by atoms with Gasteiger partial charge in [0.25, 0.3) is 5.91 Å². The van der Waals surface area contributed by atoms with Crippen molar-refractivity contribution in [3.63, 3.8) is 0 Å². The molecule has 0 aliphatic heterocycles. The molecule has 0 saturated heterocycles. The van der Waals surface area contributed by atoms with Crippen molar-refractivity contribution in [3.05, 3.63) is 61.3 Å². The number of hydrogen-bond acceptors (Lipinski definition) is 1. The van der Waals surface area contributed by atoms with Crippen molar-refractivity contribution in [3.8, 4) is 0 Å². The van der Waals surface area contributed by atoms with E-state index in [1.807, 2.05) is 0 Å². The molecule has 0 aliphatic carbocycles. The molecule has 0 rings (SSSR count). The zero-order valence-corrected chi connectivity index (χ0v) is 8.18. The average molecular weight is 187 g/mol. The van der Waals surface area contributed by atoms with Crippen molar-refractivity contribution in [2.24, 2.45) is 4.99 Å². The Balaban J connectivity index is 4.81. The fourth-order valence-corrected chi connectivity index (χ4v) is 0.724. The molecule has 0 aromatic carbocycles. The lowest BCUT2D eigenvalue weighted by Crippen LogP contribution is -2.01. The maximum absolute atomic E-state index is 11.1. The Hall–Kier alpha value is -1.96. The Bertz CT molecular complexity index is 325. The van der Waals surface area contributed by atoms with Gasteiger partial charge in [0.05, 0.1) is 0 Å². The zero-order chi connectivity index (χ0) is 11.3. The SMILES string of the molecule is C=CC(=C)C(=C)C(=C)C(=C)C(=O)N=C. The van der Waals surface area contributed by atoms with E-state index in [2.05, 4.69) is 44.6 Å². The first kappa shape index (κ1) is 12.0. The van der Waals surface area contributed by atoms with Crippen LogP contribution in [-0.4, -0.2) is 12.6 Å². The largest absolute Gasteiger partial charge is 0.276 e. The highest BCUT2D eigenvalue weighted by Crippen LogP contribution is 2.21. The molecule has 0 saturated carbocycles. The molecule has 0 aromatic heterocycles. The van der Waals surface area contributed by atoms with Crippen LogP contribution in [0.2, 0.25) is 0 Å². The molecule has 0 aromatic rings. The Morgan fingerprint density at radius 1 is 1.00 bits per heavy atom. The van der Waals surface area contributed by atoms with Crippen LogP contribution in [0.1, 0.15) is 0 Å². The highest BCUT2D eigenvalue weighted by molar-refractivity contribution is 6.01. The zero-order valence-electron chi connectivity index (χ0n) is 8.18. The normalized spacial score (nSPS) is 8.57. The lowest BCUT2D eigenvalue weighted by molar-refractivity contribution is -0.114. The van der Waals surface area contributed by atoms with Crippen LogP contribution in [0.5, 0.6) is 0 Å². The first-order valence-corrected chi connectivity index (χ1v) is 3.86. The number of hydrogen-bond donors (Lipinski definition) is 0. The summed E-state index contributed by atoms with van der Waals surface area (Å²) in [6.07, 6.45) is 1.53. The molecule has 0 bridgehead atoms. The lowest BCUT2D eigenvalue weighted by atomic mass is 9.96. The minimum absolute atomic E-state index is 0.174. The van der Waals surface area contributed by atoms with Crippen molar-refractivity contribution in [2.75, 3.05) is 0 Å². The minimum atomic E-state index is -0.506. The predicted octanol–water partition coefficient (Wildman–Crippen LogP) is 2.62. The van der Waals surface area contributed by atoms with Crippen molar-refractivity contribution >= 4 is 12.6 Å². The number of aliphatic imine (C=N–C) groups is 1. The molecule has 0 fully saturated rings. The number of nitrogens with zero attached hydrogens (tertiary/aromatic N) is 1. The van der Waals surface area contributed by atoms with Crippen molar-refractivity contribution in [2.45, 2.75) is 0 Å². The van der Waals surface area contributed by atoms with E-state index in [0.717, 1.165) is 0 Å². The number of carbonyl (C=O) groups excluding carboxylic acids is 1. The number of allylic oxidation sites excluding steroid dienone is 3. The molecular formula is C12H13NO. The summed E-state index contributed by atoms with van der Waals surface area (Å²) in [5.41, 5.74) is 1.72. The molecule has 0 N–H and O–H groups in total. The molecular weight excluding hydrogens is 174 g/mol. The maximum Gasteiger partial charge on any atom is 0.276 e. The quantitative estimate of drug-likeness (QED) is 0.369. The van der Waals surface area contributed by atoms with Crippen LogP contribution >= 0.6 is 0 Å². The molecule has 0 unspecified atom stereocenters. The van der Waals surface area contributed by atoms with Crippen molar-refractivity contribution < 1.29 is 4.79 Å². The Labute approximate surface area is 84.4 Å². The summed E-state index contributed by atoms with van der Waals surface area (Å²) >= 11 is 0. The van der Waals surface area contributed by atoms with E-state index in [0.29, 0.717) is 16.7 Å². The van der Waals surface area contributed by atoms with Gasteiger partial charge in [-0.25, -0.2) is 4.99 Å².